The van der Waals surface area contributed by atoms with E-state index in [1.807, 2.05) is 61.5 Å². The molecule has 0 amide bonds. The molecule has 0 aliphatic rings. The maximum Gasteiger partial charge on any atom is 0.216 e. The van der Waals surface area contributed by atoms with Crippen molar-refractivity contribution in [2.24, 2.45) is 5.10 Å². The Hall–Kier alpha value is -3.25. The van der Waals surface area contributed by atoms with Gasteiger partial charge in [0.1, 0.15) is 5.75 Å². The fourth-order valence-electron chi connectivity index (χ4n) is 2.82. The van der Waals surface area contributed by atoms with Crippen molar-refractivity contribution in [1.29, 1.82) is 0 Å². The molecule has 26 heavy (non-hydrogen) atoms. The van der Waals surface area contributed by atoms with Gasteiger partial charge in [-0.3, -0.25) is 0 Å². The predicted octanol–water partition coefficient (Wildman–Crippen LogP) is 4.66. The molecule has 0 saturated heterocycles. The molecule has 0 spiro atoms. The predicted molar refractivity (Wildman–Crippen MR) is 106 cm³/mol. The summed E-state index contributed by atoms with van der Waals surface area (Å²) in [5.41, 5.74) is 2.71. The molecule has 3 aromatic carbocycles. The summed E-state index contributed by atoms with van der Waals surface area (Å²) in [6.45, 7) is 2.03. The van der Waals surface area contributed by atoms with Crippen molar-refractivity contribution in [3.05, 3.63) is 76.6 Å². The van der Waals surface area contributed by atoms with Gasteiger partial charge in [-0.25, -0.2) is 5.10 Å². The number of aryl methyl sites for hydroxylation is 1. The Bertz CT molecular complexity index is 1170. The molecule has 0 unspecified atom stereocenters. The van der Waals surface area contributed by atoms with E-state index in [2.05, 4.69) is 15.3 Å². The van der Waals surface area contributed by atoms with Crippen molar-refractivity contribution in [2.45, 2.75) is 6.92 Å². The van der Waals surface area contributed by atoms with Gasteiger partial charge in [0.05, 0.1) is 6.21 Å². The van der Waals surface area contributed by atoms with E-state index in [1.54, 1.807) is 17.0 Å². The molecular formula is C20H16N4OS. The van der Waals surface area contributed by atoms with E-state index in [0.29, 0.717) is 16.2 Å². The van der Waals surface area contributed by atoms with Crippen LogP contribution >= 0.6 is 12.2 Å². The Morgan fingerprint density at radius 1 is 1.08 bits per heavy atom. The summed E-state index contributed by atoms with van der Waals surface area (Å²) in [6.07, 6.45) is 1.61. The van der Waals surface area contributed by atoms with Crippen molar-refractivity contribution in [3.8, 4) is 17.1 Å². The standard InChI is InChI=1S/C20H16N4OS/c1-13-6-8-15(9-7-13)19-22-23-20(26)24(19)21-12-17-16-5-3-2-4-14(16)10-11-18(17)25/h2-12,25H,1H3,(H,23,26). The molecule has 5 nitrogen and oxygen atoms in total. The molecule has 0 bridgehead atoms. The van der Waals surface area contributed by atoms with Crippen molar-refractivity contribution >= 4 is 29.2 Å². The maximum absolute atomic E-state index is 10.3. The molecule has 0 radical (unpaired) electrons. The molecule has 4 rings (SSSR count). The summed E-state index contributed by atoms with van der Waals surface area (Å²) in [7, 11) is 0. The van der Waals surface area contributed by atoms with E-state index in [4.69, 9.17) is 12.2 Å². The molecule has 2 N–H and O–H groups in total. The van der Waals surface area contributed by atoms with Crippen LogP contribution in [0.5, 0.6) is 5.75 Å². The summed E-state index contributed by atoms with van der Waals surface area (Å²) >= 11 is 5.31. The van der Waals surface area contributed by atoms with Crippen LogP contribution in [0.3, 0.4) is 0 Å². The van der Waals surface area contributed by atoms with Crippen LogP contribution in [0.1, 0.15) is 11.1 Å². The first-order chi connectivity index (χ1) is 12.6. The molecule has 1 heterocycles. The lowest BCUT2D eigenvalue weighted by Crippen LogP contribution is -1.96. The number of hydrogen-bond donors (Lipinski definition) is 2. The van der Waals surface area contributed by atoms with Gasteiger partial charge in [-0.2, -0.15) is 14.9 Å². The highest BCUT2D eigenvalue weighted by molar-refractivity contribution is 7.71. The Morgan fingerprint density at radius 2 is 1.85 bits per heavy atom. The lowest BCUT2D eigenvalue weighted by molar-refractivity contribution is 0.475. The SMILES string of the molecule is Cc1ccc(-c2n[nH]c(=S)n2N=Cc2c(O)ccc3ccccc23)cc1. The Labute approximate surface area is 155 Å². The first-order valence-corrected chi connectivity index (χ1v) is 8.54. The highest BCUT2D eigenvalue weighted by Gasteiger charge is 2.09. The van der Waals surface area contributed by atoms with Gasteiger partial charge in [0, 0.05) is 11.1 Å². The number of H-pyrrole nitrogens is 1. The van der Waals surface area contributed by atoms with Gasteiger partial charge in [0.15, 0.2) is 5.82 Å². The fourth-order valence-corrected chi connectivity index (χ4v) is 3.00. The van der Waals surface area contributed by atoms with E-state index in [9.17, 15) is 5.11 Å². The average molecular weight is 360 g/mol. The average Bonchev–Trinajstić information content (AvgIpc) is 3.02. The molecule has 6 heteroatoms. The number of aromatic hydroxyl groups is 1. The number of nitrogens with zero attached hydrogens (tertiary/aromatic N) is 3. The van der Waals surface area contributed by atoms with E-state index in [1.165, 1.54) is 5.56 Å². The molecule has 0 aliphatic heterocycles. The van der Waals surface area contributed by atoms with Gasteiger partial charge in [-0.05, 0) is 36.0 Å². The van der Waals surface area contributed by atoms with Crippen LogP contribution in [-0.2, 0) is 0 Å². The van der Waals surface area contributed by atoms with Crippen LogP contribution in [0.2, 0.25) is 0 Å². The van der Waals surface area contributed by atoms with E-state index in [0.717, 1.165) is 16.3 Å². The Morgan fingerprint density at radius 3 is 2.65 bits per heavy atom. The van der Waals surface area contributed by atoms with Gasteiger partial charge < -0.3 is 5.11 Å². The van der Waals surface area contributed by atoms with E-state index < -0.39 is 0 Å². The van der Waals surface area contributed by atoms with Crippen molar-refractivity contribution in [3.63, 3.8) is 0 Å². The number of phenols is 1. The zero-order chi connectivity index (χ0) is 18.1. The molecular weight excluding hydrogens is 344 g/mol. The quantitative estimate of drug-likeness (QED) is 0.413. The molecule has 128 valence electrons. The summed E-state index contributed by atoms with van der Waals surface area (Å²) in [6, 6.07) is 19.3. The van der Waals surface area contributed by atoms with Crippen LogP contribution in [0.15, 0.2) is 65.8 Å². The van der Waals surface area contributed by atoms with Crippen LogP contribution in [0, 0.1) is 11.7 Å². The number of phenolic OH excluding ortho intramolecular Hbond substituents is 1. The number of fused-ring (bicyclic) bond motifs is 1. The zero-order valence-corrected chi connectivity index (χ0v) is 14.9. The number of aromatic amines is 1. The molecule has 4 aromatic rings. The minimum Gasteiger partial charge on any atom is -0.507 e. The third kappa shape index (κ3) is 2.91. The number of benzene rings is 3. The smallest absolute Gasteiger partial charge is 0.216 e. The Balaban J connectivity index is 1.82. The lowest BCUT2D eigenvalue weighted by Gasteiger charge is -2.05. The maximum atomic E-state index is 10.3. The molecule has 0 atom stereocenters. The first-order valence-electron chi connectivity index (χ1n) is 8.13. The zero-order valence-electron chi connectivity index (χ0n) is 14.0. The van der Waals surface area contributed by atoms with Crippen LogP contribution < -0.4 is 0 Å². The van der Waals surface area contributed by atoms with Crippen LogP contribution in [0.25, 0.3) is 22.2 Å². The van der Waals surface area contributed by atoms with Crippen molar-refractivity contribution < 1.29 is 5.11 Å². The van der Waals surface area contributed by atoms with Crippen molar-refractivity contribution in [2.75, 3.05) is 0 Å². The van der Waals surface area contributed by atoms with Gasteiger partial charge in [0.25, 0.3) is 0 Å². The third-order valence-corrected chi connectivity index (χ3v) is 4.47. The molecule has 0 fully saturated rings. The fraction of sp³-hybridized carbons (Fsp3) is 0.0500. The summed E-state index contributed by atoms with van der Waals surface area (Å²) in [5.74, 6) is 0.783. The van der Waals surface area contributed by atoms with Crippen LogP contribution in [-0.4, -0.2) is 26.2 Å². The number of hydrogen-bond acceptors (Lipinski definition) is 4. The topological polar surface area (TPSA) is 66.2 Å². The highest BCUT2D eigenvalue weighted by Crippen LogP contribution is 2.26. The monoisotopic (exact) mass is 360 g/mol. The highest BCUT2D eigenvalue weighted by atomic mass is 32.1. The second-order valence-corrected chi connectivity index (χ2v) is 6.38. The van der Waals surface area contributed by atoms with E-state index >= 15 is 0 Å². The van der Waals surface area contributed by atoms with Gasteiger partial charge in [-0.15, -0.1) is 0 Å². The molecule has 0 saturated carbocycles. The second kappa shape index (κ2) is 6.57. The molecule has 0 aliphatic carbocycles. The van der Waals surface area contributed by atoms with Gasteiger partial charge in [-0.1, -0.05) is 60.2 Å². The number of rotatable bonds is 3. The minimum atomic E-state index is 0.166. The van der Waals surface area contributed by atoms with Gasteiger partial charge >= 0.3 is 0 Å². The van der Waals surface area contributed by atoms with E-state index in [-0.39, 0.29) is 5.75 Å². The Kier molecular flexibility index (Phi) is 4.10. The second-order valence-electron chi connectivity index (χ2n) is 5.99. The summed E-state index contributed by atoms with van der Waals surface area (Å²) < 4.78 is 1.94. The largest absolute Gasteiger partial charge is 0.507 e. The normalized spacial score (nSPS) is 11.4. The first kappa shape index (κ1) is 16.2. The molecule has 1 aromatic heterocycles. The lowest BCUT2D eigenvalue weighted by atomic mass is 10.0. The number of nitrogens with one attached hydrogen (secondary N) is 1. The summed E-state index contributed by atoms with van der Waals surface area (Å²) in [4.78, 5) is 0. The number of aromatic nitrogens is 3. The minimum absolute atomic E-state index is 0.166. The third-order valence-electron chi connectivity index (χ3n) is 4.21. The van der Waals surface area contributed by atoms with Crippen LogP contribution in [0.4, 0.5) is 0 Å². The van der Waals surface area contributed by atoms with Gasteiger partial charge in [0.2, 0.25) is 4.77 Å². The van der Waals surface area contributed by atoms with Crippen molar-refractivity contribution in [1.82, 2.24) is 14.9 Å². The summed E-state index contributed by atoms with van der Waals surface area (Å²) in [5, 5.41) is 23.8.